The highest BCUT2D eigenvalue weighted by molar-refractivity contribution is 7.89. The molecule has 1 heterocycles. The van der Waals surface area contributed by atoms with E-state index < -0.39 is 15.3 Å². The molecule has 0 aliphatic heterocycles. The van der Waals surface area contributed by atoms with Crippen molar-refractivity contribution in [3.63, 3.8) is 0 Å². The van der Waals surface area contributed by atoms with Crippen molar-refractivity contribution in [2.75, 3.05) is 11.9 Å². The molecule has 0 radical (unpaired) electrons. The smallest absolute Gasteiger partial charge is 0.213 e. The van der Waals surface area contributed by atoms with Crippen molar-refractivity contribution < 1.29 is 8.42 Å². The van der Waals surface area contributed by atoms with E-state index in [1.165, 1.54) is 0 Å². The fourth-order valence-corrected chi connectivity index (χ4v) is 1.69. The molecule has 1 unspecified atom stereocenters. The molecule has 0 aromatic carbocycles. The van der Waals surface area contributed by atoms with E-state index in [-0.39, 0.29) is 6.54 Å². The highest BCUT2D eigenvalue weighted by Crippen LogP contribution is 2.37. The summed E-state index contributed by atoms with van der Waals surface area (Å²) in [5, 5.41) is 7.36. The summed E-state index contributed by atoms with van der Waals surface area (Å²) in [6, 6.07) is 1.72. The molecule has 1 fully saturated rings. The monoisotopic (exact) mass is 256 g/mol. The molecule has 6 nitrogen and oxygen atoms in total. The molecule has 0 spiro atoms. The molecule has 7 heteroatoms. The summed E-state index contributed by atoms with van der Waals surface area (Å²) in [6.07, 6.45) is 3.96. The highest BCUT2D eigenvalue weighted by atomic mass is 32.2. The van der Waals surface area contributed by atoms with Crippen LogP contribution in [0.1, 0.15) is 31.5 Å². The van der Waals surface area contributed by atoms with Gasteiger partial charge in [-0.2, -0.15) is 0 Å². The van der Waals surface area contributed by atoms with E-state index in [0.717, 1.165) is 18.7 Å². The van der Waals surface area contributed by atoms with Gasteiger partial charge in [0.1, 0.15) is 11.6 Å². The van der Waals surface area contributed by atoms with Crippen LogP contribution in [-0.2, 0) is 10.0 Å². The van der Waals surface area contributed by atoms with E-state index in [1.54, 1.807) is 19.2 Å². The minimum Gasteiger partial charge on any atom is -0.369 e. The minimum absolute atomic E-state index is 0.250. The maximum Gasteiger partial charge on any atom is 0.213 e. The molecular formula is C10H16N4O2S. The second-order valence-corrected chi connectivity index (χ2v) is 6.34. The lowest BCUT2D eigenvalue weighted by Gasteiger charge is -2.11. The lowest BCUT2D eigenvalue weighted by atomic mass is 10.4. The number of aromatic nitrogens is 2. The zero-order valence-corrected chi connectivity index (χ0v) is 10.4. The number of nitrogens with one attached hydrogen (secondary N) is 1. The van der Waals surface area contributed by atoms with E-state index in [4.69, 9.17) is 5.14 Å². The summed E-state index contributed by atoms with van der Waals surface area (Å²) in [6.45, 7) is 1.81. The Morgan fingerprint density at radius 2 is 2.29 bits per heavy atom. The van der Waals surface area contributed by atoms with Crippen LogP contribution in [0, 0.1) is 0 Å². The molecule has 1 saturated carbocycles. The van der Waals surface area contributed by atoms with Crippen molar-refractivity contribution in [1.29, 1.82) is 0 Å². The SMILES string of the molecule is CC(CNc1ccnc(C2CC2)n1)S(N)(=O)=O. The van der Waals surface area contributed by atoms with Crippen molar-refractivity contribution >= 4 is 15.8 Å². The van der Waals surface area contributed by atoms with E-state index in [2.05, 4.69) is 15.3 Å². The molecule has 0 saturated heterocycles. The molecule has 1 aliphatic carbocycles. The van der Waals surface area contributed by atoms with Gasteiger partial charge in [-0.3, -0.25) is 0 Å². The summed E-state index contributed by atoms with van der Waals surface area (Å²) in [4.78, 5) is 8.51. The summed E-state index contributed by atoms with van der Waals surface area (Å²) in [7, 11) is -3.49. The average Bonchev–Trinajstić information content (AvgIpc) is 3.08. The van der Waals surface area contributed by atoms with E-state index >= 15 is 0 Å². The van der Waals surface area contributed by atoms with Gasteiger partial charge in [-0.25, -0.2) is 23.5 Å². The number of sulfonamides is 1. The molecule has 17 heavy (non-hydrogen) atoms. The lowest BCUT2D eigenvalue weighted by molar-refractivity contribution is 0.587. The first kappa shape index (κ1) is 12.3. The Hall–Kier alpha value is -1.21. The average molecular weight is 256 g/mol. The largest absolute Gasteiger partial charge is 0.369 e. The van der Waals surface area contributed by atoms with Crippen molar-refractivity contribution in [1.82, 2.24) is 9.97 Å². The fourth-order valence-electron chi connectivity index (χ4n) is 1.37. The van der Waals surface area contributed by atoms with Crippen molar-refractivity contribution in [3.8, 4) is 0 Å². The topological polar surface area (TPSA) is 98.0 Å². The third-order valence-corrected chi connectivity index (χ3v) is 4.04. The summed E-state index contributed by atoms with van der Waals surface area (Å²) >= 11 is 0. The van der Waals surface area contributed by atoms with Gasteiger partial charge in [0, 0.05) is 18.7 Å². The minimum atomic E-state index is -3.49. The van der Waals surface area contributed by atoms with Crippen LogP contribution in [0.25, 0.3) is 0 Å². The van der Waals surface area contributed by atoms with Gasteiger partial charge in [0.05, 0.1) is 5.25 Å². The van der Waals surface area contributed by atoms with Gasteiger partial charge in [-0.15, -0.1) is 0 Å². The number of primary sulfonamides is 1. The summed E-state index contributed by atoms with van der Waals surface area (Å²) in [5.41, 5.74) is 0. The van der Waals surface area contributed by atoms with Crippen LogP contribution >= 0.6 is 0 Å². The number of nitrogens with zero attached hydrogens (tertiary/aromatic N) is 2. The Morgan fingerprint density at radius 3 is 2.88 bits per heavy atom. The molecule has 0 amide bonds. The van der Waals surface area contributed by atoms with Gasteiger partial charge >= 0.3 is 0 Å². The number of hydrogen-bond acceptors (Lipinski definition) is 5. The standard InChI is InChI=1S/C10H16N4O2S/c1-7(17(11,15)16)6-13-9-4-5-12-10(14-9)8-2-3-8/h4-5,7-8H,2-3,6H2,1H3,(H2,11,15,16)(H,12,13,14). The van der Waals surface area contributed by atoms with E-state index in [1.807, 2.05) is 0 Å². The van der Waals surface area contributed by atoms with Crippen LogP contribution < -0.4 is 10.5 Å². The van der Waals surface area contributed by atoms with Crippen LogP contribution in [0.3, 0.4) is 0 Å². The van der Waals surface area contributed by atoms with Crippen molar-refractivity contribution in [2.45, 2.75) is 30.9 Å². The molecule has 2 rings (SSSR count). The maximum absolute atomic E-state index is 11.0. The van der Waals surface area contributed by atoms with E-state index in [9.17, 15) is 8.42 Å². The van der Waals surface area contributed by atoms with Crippen molar-refractivity contribution in [3.05, 3.63) is 18.1 Å². The Bertz CT molecular complexity index is 499. The van der Waals surface area contributed by atoms with Gasteiger partial charge in [-0.05, 0) is 25.8 Å². The predicted molar refractivity (Wildman–Crippen MR) is 65.1 cm³/mol. The molecular weight excluding hydrogens is 240 g/mol. The zero-order chi connectivity index (χ0) is 12.5. The normalized spacial score (nSPS) is 17.8. The Morgan fingerprint density at radius 1 is 1.59 bits per heavy atom. The van der Waals surface area contributed by atoms with Crippen LogP contribution in [0.5, 0.6) is 0 Å². The number of anilines is 1. The summed E-state index contributed by atoms with van der Waals surface area (Å²) < 4.78 is 22.1. The number of nitrogens with two attached hydrogens (primary N) is 1. The third-order valence-electron chi connectivity index (χ3n) is 2.75. The molecule has 94 valence electrons. The molecule has 3 N–H and O–H groups in total. The quantitative estimate of drug-likeness (QED) is 0.796. The first-order chi connectivity index (χ1) is 7.97. The highest BCUT2D eigenvalue weighted by Gasteiger charge is 2.26. The van der Waals surface area contributed by atoms with Gasteiger partial charge in [0.15, 0.2) is 0 Å². The molecule has 1 aromatic rings. The molecule has 1 atom stereocenters. The number of rotatable bonds is 5. The van der Waals surface area contributed by atoms with Crippen LogP contribution in [-0.4, -0.2) is 30.2 Å². The molecule has 1 aliphatic rings. The van der Waals surface area contributed by atoms with Gasteiger partial charge in [-0.1, -0.05) is 0 Å². The van der Waals surface area contributed by atoms with Crippen LogP contribution in [0.4, 0.5) is 5.82 Å². The second kappa shape index (κ2) is 4.58. The first-order valence-corrected chi connectivity index (χ1v) is 7.16. The first-order valence-electron chi connectivity index (χ1n) is 5.55. The third kappa shape index (κ3) is 3.37. The Balaban J connectivity index is 1.97. The van der Waals surface area contributed by atoms with Gasteiger partial charge in [0.2, 0.25) is 10.0 Å². The fraction of sp³-hybridized carbons (Fsp3) is 0.600. The Labute approximate surface area is 101 Å². The van der Waals surface area contributed by atoms with Crippen LogP contribution in [0.2, 0.25) is 0 Å². The van der Waals surface area contributed by atoms with Crippen molar-refractivity contribution in [2.24, 2.45) is 5.14 Å². The Kier molecular flexibility index (Phi) is 3.30. The van der Waals surface area contributed by atoms with Gasteiger partial charge in [0.25, 0.3) is 0 Å². The molecule has 1 aromatic heterocycles. The lowest BCUT2D eigenvalue weighted by Crippen LogP contribution is -2.32. The molecule has 0 bridgehead atoms. The number of hydrogen-bond donors (Lipinski definition) is 2. The van der Waals surface area contributed by atoms with Crippen LogP contribution in [0.15, 0.2) is 12.3 Å². The maximum atomic E-state index is 11.0. The summed E-state index contributed by atoms with van der Waals surface area (Å²) in [5.74, 6) is 1.96. The zero-order valence-electron chi connectivity index (χ0n) is 9.63. The van der Waals surface area contributed by atoms with E-state index in [0.29, 0.717) is 11.7 Å². The second-order valence-electron chi connectivity index (χ2n) is 4.35. The van der Waals surface area contributed by atoms with Gasteiger partial charge < -0.3 is 5.32 Å². The predicted octanol–water partition coefficient (Wildman–Crippen LogP) is 0.443.